The number of benzene rings is 1. The number of H-pyrrole nitrogens is 1. The van der Waals surface area contributed by atoms with Crippen molar-refractivity contribution >= 4 is 28.8 Å². The minimum absolute atomic E-state index is 0.0142. The fourth-order valence-electron chi connectivity index (χ4n) is 3.89. The number of hydrogen-bond donors (Lipinski definition) is 3. The van der Waals surface area contributed by atoms with Crippen LogP contribution in [0.15, 0.2) is 64.7 Å². The zero-order valence-corrected chi connectivity index (χ0v) is 17.8. The zero-order chi connectivity index (χ0) is 23.7. The first kappa shape index (κ1) is 21.6. The van der Waals surface area contributed by atoms with Crippen LogP contribution in [0.5, 0.6) is 0 Å². The van der Waals surface area contributed by atoms with Crippen LogP contribution in [0.25, 0.3) is 5.57 Å². The summed E-state index contributed by atoms with van der Waals surface area (Å²) >= 11 is 0. The monoisotopic (exact) mass is 460 g/mol. The van der Waals surface area contributed by atoms with Crippen molar-refractivity contribution in [3.8, 4) is 0 Å². The number of nitrogens with one attached hydrogen (secondary N) is 3. The van der Waals surface area contributed by atoms with Crippen LogP contribution in [-0.2, 0) is 11.3 Å². The second kappa shape index (κ2) is 8.92. The van der Waals surface area contributed by atoms with Crippen LogP contribution in [0.1, 0.15) is 38.5 Å². The minimum atomic E-state index is -1.11. The number of aliphatic imine (C=N–C) groups is 1. The standard InChI is InChI=1S/C25H18F2N4O3/c26-17-7-6-15(10-18(17)27)25(33)31-21-11-14(8-9-28-21)23-24(29-16-4-2-1-3-5-16)22-19(30-23)12-34-13-20(22)32/h1-2,4,6-7,10-11,29-30H,8-9,12-13H2,(H,28,31,33). The van der Waals surface area contributed by atoms with E-state index in [1.54, 1.807) is 18.2 Å². The molecule has 34 heavy (non-hydrogen) atoms. The summed E-state index contributed by atoms with van der Waals surface area (Å²) in [5.74, 6) is -2.63. The predicted molar refractivity (Wildman–Crippen MR) is 121 cm³/mol. The number of rotatable bonds is 4. The predicted octanol–water partition coefficient (Wildman–Crippen LogP) is 3.80. The van der Waals surface area contributed by atoms with E-state index >= 15 is 0 Å². The number of aromatic nitrogens is 1. The Morgan fingerprint density at radius 1 is 1.21 bits per heavy atom. The molecule has 3 aliphatic rings. The van der Waals surface area contributed by atoms with Gasteiger partial charge >= 0.3 is 0 Å². The minimum Gasteiger partial charge on any atom is -0.367 e. The van der Waals surface area contributed by atoms with E-state index in [2.05, 4.69) is 32.1 Å². The number of aromatic amines is 1. The van der Waals surface area contributed by atoms with Crippen LogP contribution in [0.2, 0.25) is 0 Å². The number of carbonyl (C=O) groups excluding carboxylic acids is 2. The van der Waals surface area contributed by atoms with Gasteiger partial charge in [-0.25, -0.2) is 8.78 Å². The van der Waals surface area contributed by atoms with Crippen molar-refractivity contribution in [2.45, 2.75) is 13.0 Å². The number of carbonyl (C=O) groups is 2. The number of allylic oxidation sites excluding steroid dienone is 3. The number of halogens is 2. The second-order valence-corrected chi connectivity index (χ2v) is 7.75. The summed E-state index contributed by atoms with van der Waals surface area (Å²) < 4.78 is 32.1. The molecule has 0 atom stereocenters. The number of dihydropyridines is 1. The normalized spacial score (nSPS) is 16.5. The van der Waals surface area contributed by atoms with Gasteiger partial charge in [0.2, 0.25) is 0 Å². The molecule has 0 radical (unpaired) electrons. The lowest BCUT2D eigenvalue weighted by Crippen LogP contribution is -2.31. The van der Waals surface area contributed by atoms with Crippen LogP contribution in [0.4, 0.5) is 14.5 Å². The summed E-state index contributed by atoms with van der Waals surface area (Å²) in [5.41, 5.74) is 9.72. The van der Waals surface area contributed by atoms with Crippen molar-refractivity contribution in [2.75, 3.05) is 18.5 Å². The van der Waals surface area contributed by atoms with Crippen molar-refractivity contribution in [3.05, 3.63) is 93.8 Å². The van der Waals surface area contributed by atoms with E-state index in [9.17, 15) is 18.4 Å². The highest BCUT2D eigenvalue weighted by Gasteiger charge is 2.29. The number of amides is 1. The Morgan fingerprint density at radius 2 is 2.09 bits per heavy atom. The van der Waals surface area contributed by atoms with Gasteiger partial charge in [0.1, 0.15) is 12.4 Å². The molecule has 1 aromatic carbocycles. The molecule has 0 saturated carbocycles. The summed E-state index contributed by atoms with van der Waals surface area (Å²) in [6, 6.07) is 2.92. The zero-order valence-electron chi connectivity index (χ0n) is 17.8. The number of anilines is 1. The highest BCUT2D eigenvalue weighted by Crippen LogP contribution is 2.36. The molecule has 9 heteroatoms. The SMILES string of the molecule is O=C(NC1=NCCC(c2[nH]c3c(c2NC2=C=C=CC=C2)C(=O)COC3)=C1)c1ccc(F)c(F)c1. The molecule has 7 nitrogen and oxygen atoms in total. The van der Waals surface area contributed by atoms with Gasteiger partial charge in [0, 0.05) is 12.1 Å². The van der Waals surface area contributed by atoms with Crippen LogP contribution < -0.4 is 10.6 Å². The van der Waals surface area contributed by atoms with Gasteiger partial charge in [0.15, 0.2) is 17.4 Å². The van der Waals surface area contributed by atoms with Crippen LogP contribution in [0.3, 0.4) is 0 Å². The summed E-state index contributed by atoms with van der Waals surface area (Å²) in [6.45, 7) is 0.638. The largest absolute Gasteiger partial charge is 0.367 e. The van der Waals surface area contributed by atoms with E-state index in [4.69, 9.17) is 4.74 Å². The molecule has 0 spiro atoms. The van der Waals surface area contributed by atoms with E-state index in [1.807, 2.05) is 6.08 Å². The highest BCUT2D eigenvalue weighted by molar-refractivity contribution is 6.14. The summed E-state index contributed by atoms with van der Waals surface area (Å²) in [6.07, 6.45) is 7.59. The molecule has 3 heterocycles. The quantitative estimate of drug-likeness (QED) is 0.605. The lowest BCUT2D eigenvalue weighted by Gasteiger charge is -2.17. The third-order valence-corrected chi connectivity index (χ3v) is 5.46. The van der Waals surface area contributed by atoms with Crippen molar-refractivity contribution < 1.29 is 23.1 Å². The number of Topliss-reactive ketones (excluding diaryl/α,β-unsaturated/α-hetero) is 1. The fraction of sp³-hybridized carbons (Fsp3) is 0.160. The Hall–Kier alpha value is -4.29. The summed E-state index contributed by atoms with van der Waals surface area (Å²) in [5, 5.41) is 5.89. The van der Waals surface area contributed by atoms with Gasteiger partial charge in [0.05, 0.1) is 34.9 Å². The lowest BCUT2D eigenvalue weighted by atomic mass is 10.0. The van der Waals surface area contributed by atoms with E-state index in [-0.39, 0.29) is 30.4 Å². The van der Waals surface area contributed by atoms with Gasteiger partial charge in [0.25, 0.3) is 5.91 Å². The first-order chi connectivity index (χ1) is 16.5. The first-order valence-electron chi connectivity index (χ1n) is 10.5. The Balaban J connectivity index is 1.47. The summed E-state index contributed by atoms with van der Waals surface area (Å²) in [4.78, 5) is 32.8. The molecule has 1 aliphatic carbocycles. The lowest BCUT2D eigenvalue weighted by molar-refractivity contribution is 0.0660. The van der Waals surface area contributed by atoms with E-state index in [0.717, 1.165) is 17.7 Å². The molecular weight excluding hydrogens is 442 g/mol. The van der Waals surface area contributed by atoms with Crippen molar-refractivity contribution in [3.63, 3.8) is 0 Å². The van der Waals surface area contributed by atoms with Crippen molar-refractivity contribution in [2.24, 2.45) is 4.99 Å². The Kier molecular flexibility index (Phi) is 5.65. The molecule has 2 aliphatic heterocycles. The Labute approximate surface area is 192 Å². The molecule has 5 rings (SSSR count). The second-order valence-electron chi connectivity index (χ2n) is 7.75. The van der Waals surface area contributed by atoms with E-state index < -0.39 is 17.5 Å². The summed E-state index contributed by atoms with van der Waals surface area (Å²) in [7, 11) is 0. The molecule has 1 amide bonds. The molecule has 3 N–H and O–H groups in total. The average molecular weight is 460 g/mol. The van der Waals surface area contributed by atoms with E-state index in [0.29, 0.717) is 41.3 Å². The van der Waals surface area contributed by atoms with Crippen molar-refractivity contribution in [1.82, 2.24) is 10.3 Å². The topological polar surface area (TPSA) is 95.6 Å². The number of amidine groups is 1. The molecule has 170 valence electrons. The first-order valence-corrected chi connectivity index (χ1v) is 10.5. The van der Waals surface area contributed by atoms with Gasteiger partial charge in [-0.1, -0.05) is 11.8 Å². The number of fused-ring (bicyclic) bond motifs is 1. The maximum Gasteiger partial charge on any atom is 0.256 e. The van der Waals surface area contributed by atoms with Crippen LogP contribution in [0, 0.1) is 11.6 Å². The average Bonchev–Trinajstić information content (AvgIpc) is 3.21. The smallest absolute Gasteiger partial charge is 0.256 e. The molecule has 2 aromatic rings. The number of ether oxygens (including phenoxy) is 1. The van der Waals surface area contributed by atoms with Gasteiger partial charge in [-0.2, -0.15) is 0 Å². The molecule has 0 fully saturated rings. The third kappa shape index (κ3) is 4.19. The Morgan fingerprint density at radius 3 is 2.88 bits per heavy atom. The molecule has 0 unspecified atom stereocenters. The molecule has 0 bridgehead atoms. The van der Waals surface area contributed by atoms with Crippen molar-refractivity contribution in [1.29, 1.82) is 0 Å². The fourth-order valence-corrected chi connectivity index (χ4v) is 3.89. The number of ketones is 1. The highest BCUT2D eigenvalue weighted by atomic mass is 19.2. The van der Waals surface area contributed by atoms with Crippen LogP contribution in [-0.4, -0.2) is 35.7 Å². The van der Waals surface area contributed by atoms with Gasteiger partial charge in [-0.3, -0.25) is 14.6 Å². The molecular formula is C25H18F2N4O3. The Bertz CT molecular complexity index is 1420. The van der Waals surface area contributed by atoms with Gasteiger partial charge in [-0.05, 0) is 54.2 Å². The molecule has 1 aromatic heterocycles. The van der Waals surface area contributed by atoms with Gasteiger partial charge in [-0.15, -0.1) is 0 Å². The van der Waals surface area contributed by atoms with Gasteiger partial charge < -0.3 is 20.4 Å². The van der Waals surface area contributed by atoms with Crippen LogP contribution >= 0.6 is 0 Å². The molecule has 0 saturated heterocycles. The number of hydrogen-bond acceptors (Lipinski definition) is 5. The third-order valence-electron chi connectivity index (χ3n) is 5.46. The number of nitrogens with zero attached hydrogens (tertiary/aromatic N) is 1. The maximum atomic E-state index is 13.5. The maximum absolute atomic E-state index is 13.5. The van der Waals surface area contributed by atoms with E-state index in [1.165, 1.54) is 6.07 Å².